The lowest BCUT2D eigenvalue weighted by molar-refractivity contribution is -0.137. The number of fused-ring (bicyclic) bond motifs is 1. The van der Waals surface area contributed by atoms with Crippen molar-refractivity contribution in [2.24, 2.45) is 0 Å². The van der Waals surface area contributed by atoms with E-state index < -0.39 is 41.4 Å². The van der Waals surface area contributed by atoms with Gasteiger partial charge in [0, 0.05) is 11.8 Å². The van der Waals surface area contributed by atoms with E-state index in [4.69, 9.17) is 0 Å². The number of amides is 1. The van der Waals surface area contributed by atoms with Crippen molar-refractivity contribution in [3.8, 4) is 0 Å². The molecule has 0 saturated carbocycles. The van der Waals surface area contributed by atoms with Crippen LogP contribution >= 0.6 is 0 Å². The second kappa shape index (κ2) is 8.41. The first-order chi connectivity index (χ1) is 15.6. The SMILES string of the molecule is O=C(Cn1cnc2c(nnn2Cc2cccc(C(F)(F)F)c2)c1=O)Nc1ccc(F)c(F)c1. The van der Waals surface area contributed by atoms with Crippen LogP contribution in [0.1, 0.15) is 11.1 Å². The van der Waals surface area contributed by atoms with Crippen molar-refractivity contribution in [1.82, 2.24) is 24.5 Å². The molecule has 8 nitrogen and oxygen atoms in total. The van der Waals surface area contributed by atoms with Gasteiger partial charge in [-0.25, -0.2) is 18.4 Å². The van der Waals surface area contributed by atoms with Gasteiger partial charge >= 0.3 is 6.18 Å². The highest BCUT2D eigenvalue weighted by Gasteiger charge is 2.30. The number of halogens is 5. The Morgan fingerprint density at radius 2 is 1.85 bits per heavy atom. The summed E-state index contributed by atoms with van der Waals surface area (Å²) in [6.07, 6.45) is -3.45. The molecule has 0 spiro atoms. The van der Waals surface area contributed by atoms with Crippen molar-refractivity contribution in [1.29, 1.82) is 0 Å². The monoisotopic (exact) mass is 464 g/mol. The maximum Gasteiger partial charge on any atom is 0.416 e. The molecule has 0 bridgehead atoms. The fraction of sp³-hybridized carbons (Fsp3) is 0.150. The third kappa shape index (κ3) is 4.71. The molecule has 0 aliphatic carbocycles. The predicted octanol–water partition coefficient (Wildman–Crippen LogP) is 2.97. The van der Waals surface area contributed by atoms with Crippen molar-refractivity contribution in [3.05, 3.63) is 81.9 Å². The standard InChI is InChI=1S/C20H13F5N6O2/c21-14-5-4-13(7-15(14)22)27-16(32)9-30-10-26-18-17(19(30)33)28-29-31(18)8-11-2-1-3-12(6-11)20(23,24)25/h1-7,10H,8-9H2,(H,27,32). The average molecular weight is 464 g/mol. The van der Waals surface area contributed by atoms with Crippen LogP contribution < -0.4 is 10.9 Å². The van der Waals surface area contributed by atoms with E-state index in [1.54, 1.807) is 0 Å². The third-order valence-corrected chi connectivity index (χ3v) is 4.60. The van der Waals surface area contributed by atoms with Crippen molar-refractivity contribution >= 4 is 22.8 Å². The molecule has 2 aromatic carbocycles. The molecule has 0 aliphatic rings. The minimum absolute atomic E-state index is 0.00646. The van der Waals surface area contributed by atoms with Gasteiger partial charge in [0.15, 0.2) is 22.8 Å². The molecular weight excluding hydrogens is 451 g/mol. The van der Waals surface area contributed by atoms with E-state index in [9.17, 15) is 31.5 Å². The zero-order valence-corrected chi connectivity index (χ0v) is 16.5. The summed E-state index contributed by atoms with van der Waals surface area (Å²) in [5.41, 5.74) is -1.44. The van der Waals surface area contributed by atoms with E-state index in [0.717, 1.165) is 45.9 Å². The van der Waals surface area contributed by atoms with Gasteiger partial charge in [0.1, 0.15) is 12.9 Å². The van der Waals surface area contributed by atoms with Crippen molar-refractivity contribution < 1.29 is 26.7 Å². The van der Waals surface area contributed by atoms with Crippen molar-refractivity contribution in [3.63, 3.8) is 0 Å². The van der Waals surface area contributed by atoms with Crippen LogP contribution in [0.2, 0.25) is 0 Å². The van der Waals surface area contributed by atoms with Crippen molar-refractivity contribution in [2.45, 2.75) is 19.3 Å². The Kier molecular flexibility index (Phi) is 5.62. The van der Waals surface area contributed by atoms with Crippen LogP contribution in [0, 0.1) is 11.6 Å². The van der Waals surface area contributed by atoms with Gasteiger partial charge in [0.05, 0.1) is 12.1 Å². The normalized spacial score (nSPS) is 11.7. The van der Waals surface area contributed by atoms with Crippen LogP contribution in [0.15, 0.2) is 53.6 Å². The number of carbonyl (C=O) groups is 1. The number of benzene rings is 2. The molecule has 4 rings (SSSR count). The molecule has 1 amide bonds. The first-order valence-electron chi connectivity index (χ1n) is 9.31. The summed E-state index contributed by atoms with van der Waals surface area (Å²) in [7, 11) is 0. The van der Waals surface area contributed by atoms with E-state index >= 15 is 0 Å². The van der Waals surface area contributed by atoms with Crippen LogP contribution in [0.4, 0.5) is 27.6 Å². The Morgan fingerprint density at radius 3 is 2.58 bits per heavy atom. The molecule has 0 aliphatic heterocycles. The zero-order chi connectivity index (χ0) is 23.8. The number of alkyl halides is 3. The van der Waals surface area contributed by atoms with Gasteiger partial charge in [-0.05, 0) is 29.8 Å². The number of hydrogen-bond acceptors (Lipinski definition) is 5. The fourth-order valence-electron chi connectivity index (χ4n) is 3.05. The number of rotatable bonds is 5. The molecular formula is C20H13F5N6O2. The zero-order valence-electron chi connectivity index (χ0n) is 16.5. The Balaban J connectivity index is 1.54. The number of nitrogens with zero attached hydrogens (tertiary/aromatic N) is 5. The minimum atomic E-state index is -4.51. The Hall–Kier alpha value is -4.16. The van der Waals surface area contributed by atoms with Crippen molar-refractivity contribution in [2.75, 3.05) is 5.32 Å². The Bertz CT molecular complexity index is 1410. The van der Waals surface area contributed by atoms with Crippen LogP contribution in [-0.2, 0) is 24.1 Å². The van der Waals surface area contributed by atoms with Gasteiger partial charge < -0.3 is 5.32 Å². The molecule has 0 radical (unpaired) electrons. The number of carbonyl (C=O) groups excluding carboxylic acids is 1. The highest BCUT2D eigenvalue weighted by molar-refractivity contribution is 5.90. The van der Waals surface area contributed by atoms with E-state index in [1.165, 1.54) is 12.1 Å². The summed E-state index contributed by atoms with van der Waals surface area (Å²) in [4.78, 5) is 28.9. The minimum Gasteiger partial charge on any atom is -0.324 e. The maximum atomic E-state index is 13.3. The number of nitrogens with one attached hydrogen (secondary N) is 1. The van der Waals surface area contributed by atoms with Crippen LogP contribution in [0.25, 0.3) is 11.2 Å². The summed E-state index contributed by atoms with van der Waals surface area (Å²) in [5, 5.41) is 9.83. The van der Waals surface area contributed by atoms with Gasteiger partial charge in [-0.2, -0.15) is 13.2 Å². The lowest BCUT2D eigenvalue weighted by Gasteiger charge is -2.09. The van der Waals surface area contributed by atoms with Crippen LogP contribution in [0.5, 0.6) is 0 Å². The molecule has 0 fully saturated rings. The van der Waals surface area contributed by atoms with Gasteiger partial charge in [-0.1, -0.05) is 17.3 Å². The maximum absolute atomic E-state index is 13.3. The second-order valence-corrected chi connectivity index (χ2v) is 6.97. The molecule has 13 heteroatoms. The van der Waals surface area contributed by atoms with Crippen LogP contribution in [0.3, 0.4) is 0 Å². The van der Waals surface area contributed by atoms with Gasteiger partial charge in [-0.15, -0.1) is 5.10 Å². The quantitative estimate of drug-likeness (QED) is 0.459. The molecule has 2 heterocycles. The fourth-order valence-corrected chi connectivity index (χ4v) is 3.05. The highest BCUT2D eigenvalue weighted by Crippen LogP contribution is 2.29. The lowest BCUT2D eigenvalue weighted by Crippen LogP contribution is -2.28. The smallest absolute Gasteiger partial charge is 0.324 e. The summed E-state index contributed by atoms with van der Waals surface area (Å²) >= 11 is 0. The lowest BCUT2D eigenvalue weighted by atomic mass is 10.1. The topological polar surface area (TPSA) is 94.7 Å². The van der Waals surface area contributed by atoms with Gasteiger partial charge in [0.25, 0.3) is 5.56 Å². The Morgan fingerprint density at radius 1 is 1.06 bits per heavy atom. The molecule has 0 unspecified atom stereocenters. The van der Waals surface area contributed by atoms with E-state index in [2.05, 4.69) is 20.6 Å². The number of aromatic nitrogens is 5. The molecule has 0 saturated heterocycles. The number of hydrogen-bond donors (Lipinski definition) is 1. The number of anilines is 1. The van der Waals surface area contributed by atoms with E-state index in [0.29, 0.717) is 0 Å². The average Bonchev–Trinajstić information content (AvgIpc) is 3.16. The van der Waals surface area contributed by atoms with Crippen LogP contribution in [-0.4, -0.2) is 30.5 Å². The largest absolute Gasteiger partial charge is 0.416 e. The summed E-state index contributed by atoms with van der Waals surface area (Å²) in [5.74, 6) is -2.93. The highest BCUT2D eigenvalue weighted by atomic mass is 19.4. The molecule has 4 aromatic rings. The summed E-state index contributed by atoms with van der Waals surface area (Å²) < 4.78 is 67.1. The van der Waals surface area contributed by atoms with Gasteiger partial charge in [0.2, 0.25) is 5.91 Å². The Labute approximate surface area is 181 Å². The second-order valence-electron chi connectivity index (χ2n) is 6.97. The van der Waals surface area contributed by atoms with Gasteiger partial charge in [-0.3, -0.25) is 14.2 Å². The molecule has 33 heavy (non-hydrogen) atoms. The molecule has 0 atom stereocenters. The summed E-state index contributed by atoms with van der Waals surface area (Å²) in [6, 6.07) is 7.39. The first-order valence-corrected chi connectivity index (χ1v) is 9.31. The first kappa shape index (κ1) is 22.0. The summed E-state index contributed by atoms with van der Waals surface area (Å²) in [6.45, 7) is -0.616. The predicted molar refractivity (Wildman–Crippen MR) is 105 cm³/mol. The molecule has 170 valence electrons. The molecule has 1 N–H and O–H groups in total. The third-order valence-electron chi connectivity index (χ3n) is 4.60. The van der Waals surface area contributed by atoms with E-state index in [1.807, 2.05) is 0 Å². The van der Waals surface area contributed by atoms with E-state index in [-0.39, 0.29) is 29.0 Å². The molecule has 2 aromatic heterocycles.